The van der Waals surface area contributed by atoms with Crippen molar-refractivity contribution in [3.63, 3.8) is 0 Å². The Balaban J connectivity index is 1.89. The maximum Gasteiger partial charge on any atom is 0.209 e. The zero-order valence-corrected chi connectivity index (χ0v) is 14.9. The molecule has 0 N–H and O–H groups in total. The van der Waals surface area contributed by atoms with Crippen LogP contribution in [0.2, 0.25) is 10.0 Å². The first-order valence-corrected chi connectivity index (χ1v) is 8.54. The van der Waals surface area contributed by atoms with E-state index < -0.39 is 0 Å². The maximum atomic E-state index is 12.5. The van der Waals surface area contributed by atoms with Crippen LogP contribution in [0.25, 0.3) is 22.8 Å². The minimum atomic E-state index is -0.211. The van der Waals surface area contributed by atoms with Gasteiger partial charge in [-0.25, -0.2) is 9.36 Å². The lowest BCUT2D eigenvalue weighted by Crippen LogP contribution is -2.14. The van der Waals surface area contributed by atoms with Crippen LogP contribution in [-0.4, -0.2) is 19.6 Å². The highest BCUT2D eigenvalue weighted by molar-refractivity contribution is 6.34. The Hall–Kier alpha value is -2.89. The van der Waals surface area contributed by atoms with Crippen LogP contribution in [0.5, 0.6) is 0 Å². The van der Waals surface area contributed by atoms with Gasteiger partial charge in [0.15, 0.2) is 5.69 Å². The predicted octanol–water partition coefficient (Wildman–Crippen LogP) is 4.39. The van der Waals surface area contributed by atoms with Crippen molar-refractivity contribution >= 4 is 23.2 Å². The van der Waals surface area contributed by atoms with E-state index in [0.29, 0.717) is 21.4 Å². The summed E-state index contributed by atoms with van der Waals surface area (Å²) in [7, 11) is 0. The molecule has 4 aromatic rings. The number of aromatic nitrogens is 4. The molecule has 0 atom stereocenters. The molecule has 0 radical (unpaired) electrons. The molecule has 0 saturated heterocycles. The monoisotopic (exact) mass is 382 g/mol. The highest BCUT2D eigenvalue weighted by atomic mass is 35.5. The lowest BCUT2D eigenvalue weighted by atomic mass is 10.2. The quantitative estimate of drug-likeness (QED) is 0.527. The second kappa shape index (κ2) is 6.78. The lowest BCUT2D eigenvalue weighted by molar-refractivity contribution is 0.823. The summed E-state index contributed by atoms with van der Waals surface area (Å²) in [4.78, 5) is 12.5. The van der Waals surface area contributed by atoms with Crippen molar-refractivity contribution in [3.8, 4) is 22.8 Å². The van der Waals surface area contributed by atoms with Gasteiger partial charge in [-0.3, -0.25) is 4.79 Å². The Labute approximate surface area is 159 Å². The van der Waals surface area contributed by atoms with E-state index in [1.165, 1.54) is 6.07 Å². The summed E-state index contributed by atoms with van der Waals surface area (Å²) in [6, 6.07) is 17.8. The molecular weight excluding hydrogens is 371 g/mol. The molecule has 128 valence electrons. The molecule has 0 spiro atoms. The second-order valence-corrected chi connectivity index (χ2v) is 6.38. The third-order valence-corrected chi connectivity index (χ3v) is 4.41. The molecule has 0 bridgehead atoms. The van der Waals surface area contributed by atoms with Crippen molar-refractivity contribution in [2.75, 3.05) is 0 Å². The van der Waals surface area contributed by atoms with Crippen molar-refractivity contribution in [3.05, 3.63) is 93.3 Å². The fourth-order valence-electron chi connectivity index (χ4n) is 2.63. The van der Waals surface area contributed by atoms with E-state index in [4.69, 9.17) is 23.2 Å². The van der Waals surface area contributed by atoms with Crippen molar-refractivity contribution in [2.45, 2.75) is 0 Å². The van der Waals surface area contributed by atoms with Crippen LogP contribution < -0.4 is 5.43 Å². The van der Waals surface area contributed by atoms with Gasteiger partial charge in [-0.1, -0.05) is 41.4 Å². The van der Waals surface area contributed by atoms with Crippen molar-refractivity contribution < 1.29 is 0 Å². The van der Waals surface area contributed by atoms with Gasteiger partial charge in [-0.15, -0.1) is 0 Å². The van der Waals surface area contributed by atoms with Crippen LogP contribution >= 0.6 is 23.2 Å². The van der Waals surface area contributed by atoms with Crippen LogP contribution in [0.4, 0.5) is 0 Å². The number of rotatable bonds is 3. The molecule has 0 saturated carbocycles. The lowest BCUT2D eigenvalue weighted by Gasteiger charge is -2.11. The topological polar surface area (TPSA) is 52.7 Å². The molecule has 0 amide bonds. The summed E-state index contributed by atoms with van der Waals surface area (Å²) in [5.74, 6) is 0. The maximum absolute atomic E-state index is 12.5. The highest BCUT2D eigenvalue weighted by Crippen LogP contribution is 2.27. The summed E-state index contributed by atoms with van der Waals surface area (Å²) in [6.07, 6.45) is 3.22. The van der Waals surface area contributed by atoms with Gasteiger partial charge < -0.3 is 0 Å². The number of nitrogens with zero attached hydrogens (tertiary/aromatic N) is 4. The highest BCUT2D eigenvalue weighted by Gasteiger charge is 2.15. The minimum Gasteiger partial charge on any atom is -0.287 e. The fraction of sp³-hybridized carbons (Fsp3) is 0. The van der Waals surface area contributed by atoms with Gasteiger partial charge in [-0.05, 0) is 36.4 Å². The molecule has 4 rings (SSSR count). The minimum absolute atomic E-state index is 0.211. The summed E-state index contributed by atoms with van der Waals surface area (Å²) < 4.78 is 3.21. The molecule has 26 heavy (non-hydrogen) atoms. The number of para-hydroxylation sites is 1. The van der Waals surface area contributed by atoms with Crippen molar-refractivity contribution in [1.29, 1.82) is 0 Å². The van der Waals surface area contributed by atoms with Crippen molar-refractivity contribution in [2.24, 2.45) is 0 Å². The standard InChI is InChI=1S/C19H12Cl2N4O/c20-13-6-7-15(21)17(12-13)25-16(8-10-22-25)19-18(26)9-11-24(23-19)14-4-2-1-3-5-14/h1-12H. The van der Waals surface area contributed by atoms with Gasteiger partial charge >= 0.3 is 0 Å². The number of hydrogen-bond donors (Lipinski definition) is 0. The molecule has 0 aliphatic carbocycles. The number of hydrogen-bond acceptors (Lipinski definition) is 3. The summed E-state index contributed by atoms with van der Waals surface area (Å²) in [5, 5.41) is 9.78. The van der Waals surface area contributed by atoms with E-state index in [1.54, 1.807) is 46.0 Å². The number of benzene rings is 2. The molecule has 2 heterocycles. The number of halogens is 2. The Morgan fingerprint density at radius 1 is 0.923 bits per heavy atom. The van der Waals surface area contributed by atoms with Gasteiger partial charge in [0, 0.05) is 17.3 Å². The Morgan fingerprint density at radius 3 is 2.54 bits per heavy atom. The van der Waals surface area contributed by atoms with Gasteiger partial charge in [0.25, 0.3) is 0 Å². The normalized spacial score (nSPS) is 10.8. The first-order chi connectivity index (χ1) is 12.6. The van der Waals surface area contributed by atoms with Gasteiger partial charge in [0.05, 0.1) is 28.3 Å². The largest absolute Gasteiger partial charge is 0.287 e. The zero-order chi connectivity index (χ0) is 18.1. The predicted molar refractivity (Wildman–Crippen MR) is 102 cm³/mol. The van der Waals surface area contributed by atoms with Crippen LogP contribution in [0.15, 0.2) is 77.9 Å². The van der Waals surface area contributed by atoms with E-state index in [-0.39, 0.29) is 11.1 Å². The smallest absolute Gasteiger partial charge is 0.209 e. The van der Waals surface area contributed by atoms with E-state index >= 15 is 0 Å². The van der Waals surface area contributed by atoms with E-state index in [2.05, 4.69) is 10.2 Å². The average molecular weight is 383 g/mol. The molecule has 0 fully saturated rings. The molecule has 0 unspecified atom stereocenters. The fourth-order valence-corrected chi connectivity index (χ4v) is 3.00. The van der Waals surface area contributed by atoms with Gasteiger partial charge in [0.1, 0.15) is 0 Å². The molecule has 2 aromatic heterocycles. The van der Waals surface area contributed by atoms with Crippen LogP contribution in [-0.2, 0) is 0 Å². The summed E-state index contributed by atoms with van der Waals surface area (Å²) in [6.45, 7) is 0. The van der Waals surface area contributed by atoms with Crippen LogP contribution in [0.3, 0.4) is 0 Å². The Morgan fingerprint density at radius 2 is 1.73 bits per heavy atom. The Kier molecular flexibility index (Phi) is 4.32. The third-order valence-electron chi connectivity index (χ3n) is 3.85. The zero-order valence-electron chi connectivity index (χ0n) is 13.4. The molecule has 0 aliphatic rings. The van der Waals surface area contributed by atoms with E-state index in [9.17, 15) is 4.79 Å². The van der Waals surface area contributed by atoms with Crippen LogP contribution in [0, 0.1) is 0 Å². The molecule has 2 aromatic carbocycles. The first-order valence-electron chi connectivity index (χ1n) is 7.79. The van der Waals surface area contributed by atoms with E-state index in [0.717, 1.165) is 5.69 Å². The van der Waals surface area contributed by atoms with E-state index in [1.807, 2.05) is 30.3 Å². The SMILES string of the molecule is O=c1ccn(-c2ccccc2)nc1-c1ccnn1-c1cc(Cl)ccc1Cl. The third kappa shape index (κ3) is 3.03. The first kappa shape index (κ1) is 16.6. The van der Waals surface area contributed by atoms with Gasteiger partial charge in [0.2, 0.25) is 5.43 Å². The Bertz CT molecular complexity index is 1140. The second-order valence-electron chi connectivity index (χ2n) is 5.53. The average Bonchev–Trinajstić information content (AvgIpc) is 3.14. The molecule has 7 heteroatoms. The molecular formula is C19H12Cl2N4O. The molecule has 5 nitrogen and oxygen atoms in total. The summed E-state index contributed by atoms with van der Waals surface area (Å²) in [5.41, 5.74) is 2.02. The molecule has 0 aliphatic heterocycles. The van der Waals surface area contributed by atoms with Crippen LogP contribution in [0.1, 0.15) is 0 Å². The van der Waals surface area contributed by atoms with Crippen molar-refractivity contribution in [1.82, 2.24) is 19.6 Å². The summed E-state index contributed by atoms with van der Waals surface area (Å²) >= 11 is 12.4. The van der Waals surface area contributed by atoms with Gasteiger partial charge in [-0.2, -0.15) is 10.2 Å².